The Bertz CT molecular complexity index is 952. The van der Waals surface area contributed by atoms with Crippen LogP contribution in [0.15, 0.2) is 47.5 Å². The topological polar surface area (TPSA) is 159 Å². The molecule has 1 unspecified atom stereocenters. The number of rotatable bonds is 6. The van der Waals surface area contributed by atoms with Gasteiger partial charge in [-0.15, -0.1) is 0 Å². The molecule has 8 N–H and O–H groups in total. The number of nitrogens with two attached hydrogens (primary N) is 2. The minimum absolute atomic E-state index is 0.0400. The van der Waals surface area contributed by atoms with Crippen LogP contribution < -0.4 is 16.2 Å². The molecule has 1 aliphatic heterocycles. The zero-order chi connectivity index (χ0) is 22.3. The van der Waals surface area contributed by atoms with E-state index in [0.29, 0.717) is 0 Å². The summed E-state index contributed by atoms with van der Waals surface area (Å²) in [5.41, 5.74) is 12.3. The first-order chi connectivity index (χ1) is 14.3. The summed E-state index contributed by atoms with van der Waals surface area (Å²) in [5.74, 6) is -2.97. The average Bonchev–Trinajstić information content (AvgIpc) is 2.76. The van der Waals surface area contributed by atoms with Crippen molar-refractivity contribution < 1.29 is 24.9 Å². The molecule has 1 heterocycles. The van der Waals surface area contributed by atoms with Crippen molar-refractivity contribution in [1.82, 2.24) is 4.72 Å². The molecule has 2 aromatic carbocycles. The van der Waals surface area contributed by atoms with Gasteiger partial charge in [0.05, 0.1) is 11.6 Å². The molecular formula is C20H23N3O5S2. The van der Waals surface area contributed by atoms with Crippen LogP contribution in [0, 0.1) is 0 Å². The van der Waals surface area contributed by atoms with Gasteiger partial charge in [0.2, 0.25) is 0 Å². The summed E-state index contributed by atoms with van der Waals surface area (Å²) in [6.45, 7) is 0. The van der Waals surface area contributed by atoms with E-state index in [1.54, 1.807) is 11.9 Å². The number of thiol groups is 1. The summed E-state index contributed by atoms with van der Waals surface area (Å²) in [4.78, 5) is 24.2. The van der Waals surface area contributed by atoms with Crippen molar-refractivity contribution in [2.45, 2.75) is 23.4 Å². The number of Topliss-reactive ketones (excluding diaryl/α,β-unsaturated/α-hetero) is 1. The SMILES string of the molecule is C1=Cc2ccccc2SN1.NC(Cc1ccc(O)c(O)c1C(=O)[C@H](N)CS)C(=O)O. The fraction of sp³-hybridized carbons (Fsp3) is 0.200. The van der Waals surface area contributed by atoms with Gasteiger partial charge in [0, 0.05) is 16.8 Å². The second kappa shape index (κ2) is 10.9. The van der Waals surface area contributed by atoms with Crippen LogP contribution in [0.25, 0.3) is 6.08 Å². The van der Waals surface area contributed by atoms with Crippen molar-refractivity contribution in [2.75, 3.05) is 5.75 Å². The molecule has 0 saturated heterocycles. The first-order valence-corrected chi connectivity index (χ1v) is 10.3. The highest BCUT2D eigenvalue weighted by Gasteiger charge is 2.25. The largest absolute Gasteiger partial charge is 0.504 e. The van der Waals surface area contributed by atoms with Crippen LogP contribution in [0.2, 0.25) is 0 Å². The van der Waals surface area contributed by atoms with E-state index in [1.165, 1.54) is 16.5 Å². The third kappa shape index (κ3) is 5.92. The molecule has 0 radical (unpaired) electrons. The maximum atomic E-state index is 12.1. The number of hydrogen-bond acceptors (Lipinski definition) is 9. The van der Waals surface area contributed by atoms with E-state index in [0.717, 1.165) is 6.07 Å². The van der Waals surface area contributed by atoms with Crippen molar-refractivity contribution in [3.05, 3.63) is 59.3 Å². The Morgan fingerprint density at radius 3 is 2.43 bits per heavy atom. The van der Waals surface area contributed by atoms with Crippen LogP contribution in [-0.4, -0.2) is 44.9 Å². The number of carbonyl (C=O) groups excluding carboxylic acids is 1. The number of phenolic OH excluding ortho intramolecular Hbond substituents is 2. The standard InChI is InChI=1S/C12H16N2O5S.C8H7NS/c13-6(12(18)19)3-5-1-2-8(15)11(17)9(5)10(16)7(14)4-20;1-2-4-8-7(3-1)5-6-9-10-8/h1-2,6-7,15,17,20H,3-4,13-14H2,(H,18,19);1-6,9H/t6?,7-;/m1./s1. The Balaban J connectivity index is 0.000000263. The highest BCUT2D eigenvalue weighted by Crippen LogP contribution is 2.33. The molecule has 0 spiro atoms. The predicted molar refractivity (Wildman–Crippen MR) is 120 cm³/mol. The van der Waals surface area contributed by atoms with Gasteiger partial charge < -0.3 is 31.5 Å². The molecular weight excluding hydrogens is 426 g/mol. The quantitative estimate of drug-likeness (QED) is 0.151. The minimum Gasteiger partial charge on any atom is -0.504 e. The van der Waals surface area contributed by atoms with Crippen LogP contribution in [-0.2, 0) is 11.2 Å². The smallest absolute Gasteiger partial charge is 0.320 e. The summed E-state index contributed by atoms with van der Waals surface area (Å²) in [5, 5.41) is 28.1. The molecule has 30 heavy (non-hydrogen) atoms. The van der Waals surface area contributed by atoms with E-state index in [1.807, 2.05) is 12.3 Å². The lowest BCUT2D eigenvalue weighted by Gasteiger charge is -2.16. The molecule has 0 fully saturated rings. The van der Waals surface area contributed by atoms with Crippen molar-refractivity contribution >= 4 is 42.4 Å². The molecule has 0 aliphatic carbocycles. The number of hydrogen-bond donors (Lipinski definition) is 7. The number of nitrogens with one attached hydrogen (secondary N) is 1. The van der Waals surface area contributed by atoms with E-state index in [4.69, 9.17) is 16.6 Å². The van der Waals surface area contributed by atoms with Crippen LogP contribution in [0.5, 0.6) is 11.5 Å². The van der Waals surface area contributed by atoms with Gasteiger partial charge in [0.25, 0.3) is 0 Å². The number of carbonyl (C=O) groups is 2. The van der Waals surface area contributed by atoms with E-state index >= 15 is 0 Å². The third-order valence-corrected chi connectivity index (χ3v) is 5.44. The molecule has 8 nitrogen and oxygen atoms in total. The summed E-state index contributed by atoms with van der Waals surface area (Å²) < 4.78 is 3.08. The Labute approximate surface area is 183 Å². The van der Waals surface area contributed by atoms with Gasteiger partial charge in [-0.25, -0.2) is 0 Å². The molecule has 2 atom stereocenters. The molecule has 160 valence electrons. The number of benzene rings is 2. The number of phenols is 2. The maximum Gasteiger partial charge on any atom is 0.320 e. The molecule has 3 rings (SSSR count). The van der Waals surface area contributed by atoms with Gasteiger partial charge in [-0.1, -0.05) is 24.3 Å². The third-order valence-electron chi connectivity index (χ3n) is 4.20. The highest BCUT2D eigenvalue weighted by atomic mass is 32.2. The summed E-state index contributed by atoms with van der Waals surface area (Å²) in [6, 6.07) is 8.58. The summed E-state index contributed by atoms with van der Waals surface area (Å²) in [6.07, 6.45) is 3.85. The van der Waals surface area contributed by atoms with Crippen molar-refractivity contribution in [2.24, 2.45) is 11.5 Å². The van der Waals surface area contributed by atoms with E-state index in [9.17, 15) is 19.8 Å². The number of aliphatic carboxylic acids is 1. The number of aromatic hydroxyl groups is 2. The number of fused-ring (bicyclic) bond motifs is 1. The molecule has 0 bridgehead atoms. The van der Waals surface area contributed by atoms with Gasteiger partial charge >= 0.3 is 5.97 Å². The normalized spacial score (nSPS) is 13.8. The molecule has 1 aliphatic rings. The lowest BCUT2D eigenvalue weighted by molar-refractivity contribution is -0.138. The number of carboxylic acid groups (broad SMARTS) is 1. The summed E-state index contributed by atoms with van der Waals surface area (Å²) in [7, 11) is 0. The molecule has 0 saturated carbocycles. The van der Waals surface area contributed by atoms with E-state index in [2.05, 4.69) is 41.6 Å². The Morgan fingerprint density at radius 2 is 1.80 bits per heavy atom. The number of carboxylic acids is 1. The molecule has 0 aromatic heterocycles. The van der Waals surface area contributed by atoms with Gasteiger partial charge in [-0.3, -0.25) is 9.59 Å². The molecule has 10 heteroatoms. The van der Waals surface area contributed by atoms with Crippen molar-refractivity contribution in [3.8, 4) is 11.5 Å². The van der Waals surface area contributed by atoms with Crippen molar-refractivity contribution in [3.63, 3.8) is 0 Å². The first kappa shape index (κ1) is 23.6. The molecule has 0 amide bonds. The van der Waals surface area contributed by atoms with Crippen LogP contribution in [0.3, 0.4) is 0 Å². The molecule has 2 aromatic rings. The van der Waals surface area contributed by atoms with Crippen LogP contribution in [0.4, 0.5) is 0 Å². The average molecular weight is 450 g/mol. The summed E-state index contributed by atoms with van der Waals surface area (Å²) >= 11 is 5.55. The van der Waals surface area contributed by atoms with E-state index < -0.39 is 35.3 Å². The minimum atomic E-state index is -1.24. The van der Waals surface area contributed by atoms with E-state index in [-0.39, 0.29) is 23.3 Å². The second-order valence-electron chi connectivity index (χ2n) is 6.36. The van der Waals surface area contributed by atoms with Gasteiger partial charge in [0.1, 0.15) is 6.04 Å². The van der Waals surface area contributed by atoms with Gasteiger partial charge in [0.15, 0.2) is 17.3 Å². The monoisotopic (exact) mass is 449 g/mol. The highest BCUT2D eigenvalue weighted by molar-refractivity contribution is 7.97. The zero-order valence-electron chi connectivity index (χ0n) is 15.9. The zero-order valence-corrected chi connectivity index (χ0v) is 17.6. The van der Waals surface area contributed by atoms with Crippen LogP contribution >= 0.6 is 24.6 Å². The second-order valence-corrected chi connectivity index (χ2v) is 7.61. The Hall–Kier alpha value is -2.66. The van der Waals surface area contributed by atoms with Gasteiger partial charge in [-0.2, -0.15) is 12.6 Å². The number of ketones is 1. The lowest BCUT2D eigenvalue weighted by Crippen LogP contribution is -2.35. The fourth-order valence-electron chi connectivity index (χ4n) is 2.59. The Kier molecular flexibility index (Phi) is 8.60. The Morgan fingerprint density at radius 1 is 1.10 bits per heavy atom. The van der Waals surface area contributed by atoms with Crippen LogP contribution in [0.1, 0.15) is 21.5 Å². The predicted octanol–water partition coefficient (Wildman–Crippen LogP) is 1.76. The first-order valence-electron chi connectivity index (χ1n) is 8.87. The van der Waals surface area contributed by atoms with Crippen molar-refractivity contribution in [1.29, 1.82) is 0 Å². The fourth-order valence-corrected chi connectivity index (χ4v) is 3.42. The lowest BCUT2D eigenvalue weighted by atomic mass is 9.94. The van der Waals surface area contributed by atoms with Gasteiger partial charge in [-0.05, 0) is 47.7 Å². The maximum absolute atomic E-state index is 12.1.